The Balaban J connectivity index is 1.73. The summed E-state index contributed by atoms with van der Waals surface area (Å²) >= 11 is 0. The summed E-state index contributed by atoms with van der Waals surface area (Å²) in [4.78, 5) is 16.5. The first-order valence-corrected chi connectivity index (χ1v) is 6.41. The van der Waals surface area contributed by atoms with Gasteiger partial charge in [-0.2, -0.15) is 0 Å². The molecule has 0 aromatic carbocycles. The van der Waals surface area contributed by atoms with Crippen LogP contribution in [-0.2, 0) is 6.54 Å². The van der Waals surface area contributed by atoms with Crippen LogP contribution in [0.3, 0.4) is 0 Å². The zero-order valence-corrected chi connectivity index (χ0v) is 11.4. The van der Waals surface area contributed by atoms with Crippen molar-refractivity contribution in [3.8, 4) is 0 Å². The summed E-state index contributed by atoms with van der Waals surface area (Å²) in [5.41, 5.74) is 2.26. The number of nitrogens with zero attached hydrogens (tertiary/aromatic N) is 2. The van der Waals surface area contributed by atoms with Crippen LogP contribution in [0.4, 0.5) is 0 Å². The number of rotatable bonds is 3. The minimum Gasteiger partial charge on any atom is -0.466 e. The van der Waals surface area contributed by atoms with Crippen molar-refractivity contribution in [3.05, 3.63) is 59.4 Å². The second kappa shape index (κ2) is 4.85. The largest absolute Gasteiger partial charge is 0.466 e. The van der Waals surface area contributed by atoms with E-state index in [2.05, 4.69) is 10.3 Å². The number of hydrogen-bond donors (Lipinski definition) is 1. The molecule has 102 valence electrons. The highest BCUT2D eigenvalue weighted by molar-refractivity contribution is 5.95. The van der Waals surface area contributed by atoms with Crippen LogP contribution in [-0.4, -0.2) is 15.3 Å². The number of aryl methyl sites for hydroxylation is 2. The van der Waals surface area contributed by atoms with Crippen molar-refractivity contribution < 1.29 is 9.21 Å². The first-order valence-electron chi connectivity index (χ1n) is 6.41. The summed E-state index contributed by atoms with van der Waals surface area (Å²) in [6.07, 6.45) is 3.83. The lowest BCUT2D eigenvalue weighted by atomic mass is 10.2. The second-order valence-electron chi connectivity index (χ2n) is 4.71. The standard InChI is InChI=1S/C15H15N3O2/c1-10-7-13(11(2)20-10)15(19)16-8-12-9-18-6-4-3-5-14(18)17-12/h3-7,9H,8H2,1-2H3,(H,16,19). The molecule has 0 aliphatic carbocycles. The Morgan fingerprint density at radius 3 is 2.95 bits per heavy atom. The lowest BCUT2D eigenvalue weighted by Gasteiger charge is -2.01. The van der Waals surface area contributed by atoms with E-state index >= 15 is 0 Å². The van der Waals surface area contributed by atoms with Crippen LogP contribution < -0.4 is 5.32 Å². The van der Waals surface area contributed by atoms with Crippen molar-refractivity contribution in [1.82, 2.24) is 14.7 Å². The second-order valence-corrected chi connectivity index (χ2v) is 4.71. The molecule has 0 aliphatic rings. The molecule has 1 N–H and O–H groups in total. The molecule has 1 amide bonds. The monoisotopic (exact) mass is 269 g/mol. The average molecular weight is 269 g/mol. The van der Waals surface area contributed by atoms with Crippen LogP contribution >= 0.6 is 0 Å². The van der Waals surface area contributed by atoms with E-state index in [1.165, 1.54) is 0 Å². The predicted molar refractivity (Wildman–Crippen MR) is 74.5 cm³/mol. The summed E-state index contributed by atoms with van der Waals surface area (Å²) in [5, 5.41) is 2.86. The van der Waals surface area contributed by atoms with Gasteiger partial charge in [-0.3, -0.25) is 4.79 Å². The molecule has 0 unspecified atom stereocenters. The molecule has 0 saturated heterocycles. The van der Waals surface area contributed by atoms with Gasteiger partial charge in [-0.1, -0.05) is 6.07 Å². The lowest BCUT2D eigenvalue weighted by molar-refractivity contribution is 0.0949. The highest BCUT2D eigenvalue weighted by Crippen LogP contribution is 2.13. The van der Waals surface area contributed by atoms with Gasteiger partial charge in [-0.15, -0.1) is 0 Å². The van der Waals surface area contributed by atoms with E-state index in [9.17, 15) is 4.79 Å². The molecule has 0 fully saturated rings. The van der Waals surface area contributed by atoms with E-state index in [0.29, 0.717) is 17.9 Å². The number of nitrogens with one attached hydrogen (secondary N) is 1. The molecule has 3 heterocycles. The molecular formula is C15H15N3O2. The molecule has 0 saturated carbocycles. The summed E-state index contributed by atoms with van der Waals surface area (Å²) in [7, 11) is 0. The molecule has 5 nitrogen and oxygen atoms in total. The Bertz CT molecular complexity index is 737. The molecule has 0 radical (unpaired) electrons. The average Bonchev–Trinajstić information content (AvgIpc) is 2.98. The van der Waals surface area contributed by atoms with Crippen molar-refractivity contribution in [2.75, 3.05) is 0 Å². The zero-order valence-electron chi connectivity index (χ0n) is 11.4. The van der Waals surface area contributed by atoms with Crippen molar-refractivity contribution in [2.45, 2.75) is 20.4 Å². The fraction of sp³-hybridized carbons (Fsp3) is 0.200. The van der Waals surface area contributed by atoms with Gasteiger partial charge < -0.3 is 14.1 Å². The predicted octanol–water partition coefficient (Wildman–Crippen LogP) is 2.47. The number of amides is 1. The van der Waals surface area contributed by atoms with Crippen LogP contribution in [0, 0.1) is 13.8 Å². The van der Waals surface area contributed by atoms with Crippen LogP contribution in [0.15, 0.2) is 41.1 Å². The van der Waals surface area contributed by atoms with Gasteiger partial charge >= 0.3 is 0 Å². The van der Waals surface area contributed by atoms with Crippen molar-refractivity contribution in [3.63, 3.8) is 0 Å². The lowest BCUT2D eigenvalue weighted by Crippen LogP contribution is -2.23. The fourth-order valence-electron chi connectivity index (χ4n) is 2.19. The molecule has 5 heteroatoms. The summed E-state index contributed by atoms with van der Waals surface area (Å²) in [5.74, 6) is 1.23. The number of imidazole rings is 1. The smallest absolute Gasteiger partial charge is 0.255 e. The molecule has 3 rings (SSSR count). The van der Waals surface area contributed by atoms with E-state index in [0.717, 1.165) is 17.1 Å². The first-order chi connectivity index (χ1) is 9.63. The van der Waals surface area contributed by atoms with E-state index in [4.69, 9.17) is 4.42 Å². The maximum absolute atomic E-state index is 12.1. The molecule has 3 aromatic heterocycles. The Labute approximate surface area is 116 Å². The Hall–Kier alpha value is -2.56. The zero-order chi connectivity index (χ0) is 14.1. The van der Waals surface area contributed by atoms with Crippen LogP contribution in [0.5, 0.6) is 0 Å². The number of fused-ring (bicyclic) bond motifs is 1. The number of aromatic nitrogens is 2. The molecular weight excluding hydrogens is 254 g/mol. The quantitative estimate of drug-likeness (QED) is 0.794. The Kier molecular flexibility index (Phi) is 3.02. The Morgan fingerprint density at radius 2 is 2.25 bits per heavy atom. The minimum absolute atomic E-state index is 0.142. The SMILES string of the molecule is Cc1cc(C(=O)NCc2cn3ccccc3n2)c(C)o1. The third-order valence-electron chi connectivity index (χ3n) is 3.13. The van der Waals surface area contributed by atoms with Gasteiger partial charge in [0.15, 0.2) is 0 Å². The van der Waals surface area contributed by atoms with Crippen LogP contribution in [0.2, 0.25) is 0 Å². The third kappa shape index (κ3) is 2.30. The topological polar surface area (TPSA) is 59.5 Å². The maximum Gasteiger partial charge on any atom is 0.255 e. The van der Waals surface area contributed by atoms with Gasteiger partial charge in [0.2, 0.25) is 0 Å². The molecule has 3 aromatic rings. The van der Waals surface area contributed by atoms with Crippen molar-refractivity contribution in [2.24, 2.45) is 0 Å². The Morgan fingerprint density at radius 1 is 1.40 bits per heavy atom. The van der Waals surface area contributed by atoms with Gasteiger partial charge in [0.05, 0.1) is 17.8 Å². The van der Waals surface area contributed by atoms with Gasteiger partial charge in [-0.25, -0.2) is 4.98 Å². The number of furan rings is 1. The molecule has 20 heavy (non-hydrogen) atoms. The highest BCUT2D eigenvalue weighted by Gasteiger charge is 2.13. The van der Waals surface area contributed by atoms with Gasteiger partial charge in [0.1, 0.15) is 17.2 Å². The number of pyridine rings is 1. The highest BCUT2D eigenvalue weighted by atomic mass is 16.3. The van der Waals surface area contributed by atoms with E-state index in [1.807, 2.05) is 41.9 Å². The fourth-order valence-corrected chi connectivity index (χ4v) is 2.19. The van der Waals surface area contributed by atoms with Gasteiger partial charge in [-0.05, 0) is 32.0 Å². The van der Waals surface area contributed by atoms with Gasteiger partial charge in [0, 0.05) is 12.4 Å². The minimum atomic E-state index is -0.142. The first kappa shape index (κ1) is 12.5. The summed E-state index contributed by atoms with van der Waals surface area (Å²) in [6.45, 7) is 4.00. The van der Waals surface area contributed by atoms with Crippen LogP contribution in [0.25, 0.3) is 5.65 Å². The van der Waals surface area contributed by atoms with E-state index in [-0.39, 0.29) is 5.91 Å². The normalized spacial score (nSPS) is 10.9. The van der Waals surface area contributed by atoms with Crippen LogP contribution in [0.1, 0.15) is 27.6 Å². The third-order valence-corrected chi connectivity index (χ3v) is 3.13. The van der Waals surface area contributed by atoms with E-state index in [1.54, 1.807) is 13.0 Å². The molecule has 0 aliphatic heterocycles. The van der Waals surface area contributed by atoms with E-state index < -0.39 is 0 Å². The number of carbonyl (C=O) groups excluding carboxylic acids is 1. The number of hydrogen-bond acceptors (Lipinski definition) is 3. The van der Waals surface area contributed by atoms with Gasteiger partial charge in [0.25, 0.3) is 5.91 Å². The number of carbonyl (C=O) groups is 1. The molecule has 0 bridgehead atoms. The van der Waals surface area contributed by atoms with Crippen molar-refractivity contribution >= 4 is 11.6 Å². The maximum atomic E-state index is 12.1. The summed E-state index contributed by atoms with van der Waals surface area (Å²) in [6, 6.07) is 7.54. The summed E-state index contributed by atoms with van der Waals surface area (Å²) < 4.78 is 7.28. The molecule has 0 spiro atoms. The molecule has 0 atom stereocenters. The van der Waals surface area contributed by atoms with Crippen molar-refractivity contribution in [1.29, 1.82) is 0 Å².